The zero-order chi connectivity index (χ0) is 29.8. The van der Waals surface area contributed by atoms with Gasteiger partial charge >= 0.3 is 12.2 Å². The zero-order valence-electron chi connectivity index (χ0n) is 23.5. The van der Waals surface area contributed by atoms with Crippen LogP contribution in [0.15, 0.2) is 59.5 Å². The highest BCUT2D eigenvalue weighted by Gasteiger charge is 2.35. The standard InChI is InChI=1S/C28H41N5O7S/c1-20(2)17-33(41(36,37)24-10-8-22(30)9-11-24)18-26(40-27(34)31-14-13-29)25(16-21-6-4-3-5-7-21)32-28(35)39-23-12-15-38-19-23/h3-11,20,23,25-26H,12-19,29-30H2,1-2H3,(H,31,34)(H,32,35)/t23-,25-,26+/m0/s1. The molecule has 0 radical (unpaired) electrons. The number of nitrogen functional groups attached to an aromatic ring is 1. The van der Waals surface area contributed by atoms with E-state index >= 15 is 0 Å². The number of benzene rings is 2. The quantitative estimate of drug-likeness (QED) is 0.240. The summed E-state index contributed by atoms with van der Waals surface area (Å²) in [6.07, 6.45) is -2.18. The van der Waals surface area contributed by atoms with Gasteiger partial charge in [-0.1, -0.05) is 44.2 Å². The van der Waals surface area contributed by atoms with Gasteiger partial charge in [-0.3, -0.25) is 0 Å². The third kappa shape index (κ3) is 10.2. The number of ether oxygens (including phenoxy) is 3. The molecule has 12 nitrogen and oxygen atoms in total. The molecule has 0 saturated carbocycles. The van der Waals surface area contributed by atoms with Crippen molar-refractivity contribution in [3.8, 4) is 0 Å². The van der Waals surface area contributed by atoms with Gasteiger partial charge in [0.25, 0.3) is 0 Å². The van der Waals surface area contributed by atoms with Crippen molar-refractivity contribution in [3.63, 3.8) is 0 Å². The molecule has 41 heavy (non-hydrogen) atoms. The highest BCUT2D eigenvalue weighted by molar-refractivity contribution is 7.89. The first kappa shape index (κ1) is 32.1. The molecule has 1 heterocycles. The number of alkyl carbamates (subject to hydrolysis) is 2. The lowest BCUT2D eigenvalue weighted by atomic mass is 10.0. The Labute approximate surface area is 241 Å². The van der Waals surface area contributed by atoms with E-state index in [1.807, 2.05) is 44.2 Å². The van der Waals surface area contributed by atoms with Gasteiger partial charge in [-0.15, -0.1) is 0 Å². The van der Waals surface area contributed by atoms with Crippen LogP contribution in [0.3, 0.4) is 0 Å². The van der Waals surface area contributed by atoms with Crippen LogP contribution in [0.25, 0.3) is 0 Å². The minimum Gasteiger partial charge on any atom is -0.444 e. The van der Waals surface area contributed by atoms with Gasteiger partial charge in [-0.25, -0.2) is 18.0 Å². The molecule has 0 spiro atoms. The van der Waals surface area contributed by atoms with E-state index in [-0.39, 0.29) is 43.4 Å². The molecule has 3 rings (SSSR count). The average molecular weight is 592 g/mol. The van der Waals surface area contributed by atoms with Gasteiger partial charge in [-0.05, 0) is 42.2 Å². The Balaban J connectivity index is 1.96. The largest absolute Gasteiger partial charge is 0.444 e. The van der Waals surface area contributed by atoms with E-state index in [2.05, 4.69) is 10.6 Å². The SMILES string of the molecule is CC(C)CN(C[C@@H](OC(=O)NCCN)[C@H](Cc1ccccc1)NC(=O)O[C@H]1CCOC1)S(=O)(=O)c1ccc(N)cc1. The van der Waals surface area contributed by atoms with Gasteiger partial charge in [0.05, 0.1) is 30.7 Å². The number of hydrogen-bond acceptors (Lipinski definition) is 9. The first-order chi connectivity index (χ1) is 19.6. The zero-order valence-corrected chi connectivity index (χ0v) is 24.3. The third-order valence-corrected chi connectivity index (χ3v) is 8.20. The van der Waals surface area contributed by atoms with Gasteiger partial charge in [0, 0.05) is 31.7 Å². The minimum absolute atomic E-state index is 0.0481. The van der Waals surface area contributed by atoms with Crippen LogP contribution in [0, 0.1) is 5.92 Å². The third-order valence-electron chi connectivity index (χ3n) is 6.35. The summed E-state index contributed by atoms with van der Waals surface area (Å²) in [5, 5.41) is 5.38. The Morgan fingerprint density at radius 2 is 1.78 bits per heavy atom. The van der Waals surface area contributed by atoms with E-state index in [0.717, 1.165) is 5.56 Å². The van der Waals surface area contributed by atoms with E-state index in [9.17, 15) is 18.0 Å². The first-order valence-electron chi connectivity index (χ1n) is 13.7. The molecule has 1 fully saturated rings. The number of anilines is 1. The molecule has 3 atom stereocenters. The number of nitrogens with two attached hydrogens (primary N) is 2. The lowest BCUT2D eigenvalue weighted by Crippen LogP contribution is -2.54. The summed E-state index contributed by atoms with van der Waals surface area (Å²) < 4.78 is 45.5. The number of nitrogens with zero attached hydrogens (tertiary/aromatic N) is 1. The van der Waals surface area contributed by atoms with E-state index in [0.29, 0.717) is 25.3 Å². The fourth-order valence-electron chi connectivity index (χ4n) is 4.35. The smallest absolute Gasteiger partial charge is 0.407 e. The molecule has 1 aliphatic heterocycles. The predicted molar refractivity (Wildman–Crippen MR) is 155 cm³/mol. The second kappa shape index (κ2) is 15.6. The van der Waals surface area contributed by atoms with Crippen LogP contribution in [0.5, 0.6) is 0 Å². The molecule has 13 heteroatoms. The number of rotatable bonds is 14. The highest BCUT2D eigenvalue weighted by Crippen LogP contribution is 2.21. The van der Waals surface area contributed by atoms with E-state index in [4.69, 9.17) is 25.7 Å². The van der Waals surface area contributed by atoms with Crippen molar-refractivity contribution in [1.29, 1.82) is 0 Å². The Kier molecular flexibility index (Phi) is 12.2. The molecular weight excluding hydrogens is 550 g/mol. The van der Waals surface area contributed by atoms with Crippen LogP contribution in [0.4, 0.5) is 15.3 Å². The van der Waals surface area contributed by atoms with E-state index in [1.54, 1.807) is 0 Å². The van der Waals surface area contributed by atoms with Gasteiger partial charge in [0.1, 0.15) is 12.2 Å². The lowest BCUT2D eigenvalue weighted by Gasteiger charge is -2.33. The number of carbonyl (C=O) groups excluding carboxylic acids is 2. The number of hydrogen-bond donors (Lipinski definition) is 4. The van der Waals surface area contributed by atoms with Crippen LogP contribution in [0.1, 0.15) is 25.8 Å². The van der Waals surface area contributed by atoms with Crippen molar-refractivity contribution in [1.82, 2.24) is 14.9 Å². The molecule has 0 aromatic heterocycles. The number of carbonyl (C=O) groups is 2. The molecule has 0 bridgehead atoms. The van der Waals surface area contributed by atoms with E-state index < -0.39 is 40.5 Å². The summed E-state index contributed by atoms with van der Waals surface area (Å²) in [5.74, 6) is -0.0573. The maximum absolute atomic E-state index is 13.8. The molecule has 2 amide bonds. The van der Waals surface area contributed by atoms with Crippen molar-refractivity contribution < 1.29 is 32.2 Å². The van der Waals surface area contributed by atoms with Gasteiger partial charge in [0.2, 0.25) is 10.0 Å². The maximum atomic E-state index is 13.8. The Morgan fingerprint density at radius 1 is 1.07 bits per heavy atom. The molecule has 0 aliphatic carbocycles. The number of nitrogens with one attached hydrogen (secondary N) is 2. The fourth-order valence-corrected chi connectivity index (χ4v) is 5.97. The molecule has 2 aromatic carbocycles. The van der Waals surface area contributed by atoms with Crippen LogP contribution < -0.4 is 22.1 Å². The average Bonchev–Trinajstić information content (AvgIpc) is 3.44. The summed E-state index contributed by atoms with van der Waals surface area (Å²) in [5.41, 5.74) is 12.6. The van der Waals surface area contributed by atoms with Crippen molar-refractivity contribution >= 4 is 27.9 Å². The first-order valence-corrected chi connectivity index (χ1v) is 15.1. The van der Waals surface area contributed by atoms with Crippen LogP contribution in [0.2, 0.25) is 0 Å². The van der Waals surface area contributed by atoms with Crippen molar-refractivity contribution in [2.24, 2.45) is 11.7 Å². The van der Waals surface area contributed by atoms with Crippen molar-refractivity contribution in [2.45, 2.75) is 49.8 Å². The van der Waals surface area contributed by atoms with E-state index in [1.165, 1.54) is 28.6 Å². The summed E-state index contributed by atoms with van der Waals surface area (Å²) >= 11 is 0. The topological polar surface area (TPSA) is 175 Å². The van der Waals surface area contributed by atoms with Gasteiger partial charge in [0.15, 0.2) is 0 Å². The van der Waals surface area contributed by atoms with Gasteiger partial charge in [-0.2, -0.15) is 4.31 Å². The number of sulfonamides is 1. The Morgan fingerprint density at radius 3 is 2.39 bits per heavy atom. The molecule has 2 aromatic rings. The predicted octanol–water partition coefficient (Wildman–Crippen LogP) is 2.10. The summed E-state index contributed by atoms with van der Waals surface area (Å²) in [7, 11) is -4.03. The monoisotopic (exact) mass is 591 g/mol. The molecule has 1 aliphatic rings. The second-order valence-corrected chi connectivity index (χ2v) is 12.2. The molecule has 6 N–H and O–H groups in total. The fraction of sp³-hybridized carbons (Fsp3) is 0.500. The molecule has 0 unspecified atom stereocenters. The minimum atomic E-state index is -4.03. The summed E-state index contributed by atoms with van der Waals surface area (Å²) in [6, 6.07) is 14.3. The molecule has 1 saturated heterocycles. The lowest BCUT2D eigenvalue weighted by molar-refractivity contribution is 0.0480. The second-order valence-electron chi connectivity index (χ2n) is 10.3. The van der Waals surface area contributed by atoms with Crippen LogP contribution in [-0.2, 0) is 30.7 Å². The number of amides is 2. The normalized spacial score (nSPS) is 16.8. The molecule has 226 valence electrons. The van der Waals surface area contributed by atoms with Gasteiger partial charge < -0.3 is 36.3 Å². The summed E-state index contributed by atoms with van der Waals surface area (Å²) in [6.45, 7) is 4.81. The highest BCUT2D eigenvalue weighted by atomic mass is 32.2. The van der Waals surface area contributed by atoms with Crippen molar-refractivity contribution in [3.05, 3.63) is 60.2 Å². The van der Waals surface area contributed by atoms with Crippen LogP contribution in [-0.4, -0.2) is 82.6 Å². The Hall–Kier alpha value is -3.39. The van der Waals surface area contributed by atoms with Crippen LogP contribution >= 0.6 is 0 Å². The Bertz CT molecular complexity index is 1210. The summed E-state index contributed by atoms with van der Waals surface area (Å²) in [4.78, 5) is 25.8. The maximum Gasteiger partial charge on any atom is 0.407 e. The molecular formula is C28H41N5O7S. The van der Waals surface area contributed by atoms with Crippen molar-refractivity contribution in [2.75, 3.05) is 45.1 Å².